The summed E-state index contributed by atoms with van der Waals surface area (Å²) in [6, 6.07) is 29.2. The fourth-order valence-electron chi connectivity index (χ4n) is 6.58. The normalized spacial score (nSPS) is 12.9. The molecule has 5 aromatic carbocycles. The number of pyridine rings is 1. The number of phenolic OH excluding ortho intramolecular Hbond substituents is 1. The summed E-state index contributed by atoms with van der Waals surface area (Å²) in [5, 5.41) is 15.8. The zero-order valence-electron chi connectivity index (χ0n) is 30.5. The van der Waals surface area contributed by atoms with Crippen molar-refractivity contribution in [3.05, 3.63) is 120 Å². The fraction of sp³-hybridized carbons (Fsp3) is 0.267. The van der Waals surface area contributed by atoms with Crippen LogP contribution in [0.25, 0.3) is 55.2 Å². The highest BCUT2D eigenvalue weighted by Crippen LogP contribution is 2.43. The summed E-state index contributed by atoms with van der Waals surface area (Å²) in [5.41, 5.74) is 8.38. The predicted octanol–water partition coefficient (Wildman–Crippen LogP) is 12.2. The maximum Gasteiger partial charge on any atom is 0.229 e. The highest BCUT2D eigenvalue weighted by atomic mass is 16.3. The molecule has 0 bridgehead atoms. The van der Waals surface area contributed by atoms with Crippen molar-refractivity contribution in [3.63, 3.8) is 0 Å². The SMILES string of the molecule is CC(C)(C)c1cc(C=Nc2c(-c3nc4c(-c5cncc6ccccc56)cc(C(C)(C)C)cc4o3)ccc3ccccc23)c(O)c(C(C)(C)C)c1. The van der Waals surface area contributed by atoms with Crippen LogP contribution < -0.4 is 0 Å². The zero-order chi connectivity index (χ0) is 35.6. The Kier molecular flexibility index (Phi) is 7.93. The molecule has 2 aromatic heterocycles. The van der Waals surface area contributed by atoms with Gasteiger partial charge in [-0.15, -0.1) is 0 Å². The number of aromatic hydroxyl groups is 1. The molecular formula is C45H45N3O2. The minimum atomic E-state index is -0.250. The van der Waals surface area contributed by atoms with Crippen molar-refractivity contribution in [2.24, 2.45) is 4.99 Å². The van der Waals surface area contributed by atoms with Gasteiger partial charge in [0.05, 0.1) is 11.3 Å². The molecule has 0 aliphatic rings. The smallest absolute Gasteiger partial charge is 0.229 e. The number of aromatic nitrogens is 2. The summed E-state index contributed by atoms with van der Waals surface area (Å²) in [4.78, 5) is 15.0. The van der Waals surface area contributed by atoms with Gasteiger partial charge in [-0.05, 0) is 62.4 Å². The monoisotopic (exact) mass is 659 g/mol. The lowest BCUT2D eigenvalue weighted by atomic mass is 9.79. The second kappa shape index (κ2) is 11.9. The van der Waals surface area contributed by atoms with E-state index in [1.807, 2.05) is 36.7 Å². The molecule has 0 spiro atoms. The third-order valence-electron chi connectivity index (χ3n) is 9.60. The number of oxazole rings is 1. The molecule has 0 fully saturated rings. The fourth-order valence-corrected chi connectivity index (χ4v) is 6.58. The van der Waals surface area contributed by atoms with E-state index < -0.39 is 0 Å². The van der Waals surface area contributed by atoms with Gasteiger partial charge in [0.25, 0.3) is 0 Å². The number of hydrogen-bond acceptors (Lipinski definition) is 5. The minimum absolute atomic E-state index is 0.109. The molecule has 50 heavy (non-hydrogen) atoms. The van der Waals surface area contributed by atoms with Crippen molar-refractivity contribution in [1.82, 2.24) is 9.97 Å². The Bertz CT molecular complexity index is 2440. The average molecular weight is 660 g/mol. The van der Waals surface area contributed by atoms with E-state index in [0.29, 0.717) is 17.0 Å². The second-order valence-electron chi connectivity index (χ2n) is 16.5. The van der Waals surface area contributed by atoms with E-state index >= 15 is 0 Å². The Morgan fingerprint density at radius 2 is 1.30 bits per heavy atom. The van der Waals surface area contributed by atoms with Crippen molar-refractivity contribution in [2.45, 2.75) is 78.6 Å². The molecule has 7 rings (SSSR count). The Morgan fingerprint density at radius 3 is 2.00 bits per heavy atom. The van der Waals surface area contributed by atoms with Crippen LogP contribution in [-0.2, 0) is 16.2 Å². The van der Waals surface area contributed by atoms with Crippen LogP contribution in [0.2, 0.25) is 0 Å². The van der Waals surface area contributed by atoms with Crippen LogP contribution in [0.1, 0.15) is 84.6 Å². The van der Waals surface area contributed by atoms with Crippen molar-refractivity contribution in [2.75, 3.05) is 0 Å². The summed E-state index contributed by atoms with van der Waals surface area (Å²) in [6.07, 6.45) is 5.61. The molecular weight excluding hydrogens is 615 g/mol. The summed E-state index contributed by atoms with van der Waals surface area (Å²) in [7, 11) is 0. The first kappa shape index (κ1) is 33.2. The molecule has 1 N–H and O–H groups in total. The van der Waals surface area contributed by atoms with Gasteiger partial charge in [-0.2, -0.15) is 0 Å². The lowest BCUT2D eigenvalue weighted by Crippen LogP contribution is -2.17. The van der Waals surface area contributed by atoms with Crippen molar-refractivity contribution >= 4 is 44.5 Å². The Morgan fingerprint density at radius 1 is 0.640 bits per heavy atom. The number of benzene rings is 5. The molecule has 0 saturated carbocycles. The third kappa shape index (κ3) is 6.06. The standard InChI is InChI=1S/C45H45N3O2/c1-43(2,3)30-20-29(41(49)37(22-30)45(7,8)9)25-47-39-33-17-13-10-14-27(33)18-19-34(39)42-48-40-35(21-31(44(4,5)6)23-38(40)50-42)36-26-46-24-28-15-11-12-16-32(28)36/h10-26,49H,1-9H3. The molecule has 0 aliphatic carbocycles. The zero-order valence-corrected chi connectivity index (χ0v) is 30.5. The van der Waals surface area contributed by atoms with E-state index in [2.05, 4.69) is 128 Å². The highest BCUT2D eigenvalue weighted by Gasteiger charge is 2.26. The molecule has 0 radical (unpaired) electrons. The first-order chi connectivity index (χ1) is 23.6. The topological polar surface area (TPSA) is 71.5 Å². The summed E-state index contributed by atoms with van der Waals surface area (Å²) in [5.74, 6) is 0.738. The summed E-state index contributed by atoms with van der Waals surface area (Å²) >= 11 is 0. The lowest BCUT2D eigenvalue weighted by Gasteiger charge is -2.27. The average Bonchev–Trinajstić information content (AvgIpc) is 3.50. The van der Waals surface area contributed by atoms with Gasteiger partial charge in [-0.1, -0.05) is 123 Å². The quantitative estimate of drug-likeness (QED) is 0.191. The van der Waals surface area contributed by atoms with Crippen LogP contribution in [0.5, 0.6) is 5.75 Å². The predicted molar refractivity (Wildman–Crippen MR) is 209 cm³/mol. The molecule has 5 heteroatoms. The van der Waals surface area contributed by atoms with Crippen molar-refractivity contribution in [3.8, 4) is 28.3 Å². The molecule has 0 unspecified atom stereocenters. The van der Waals surface area contributed by atoms with Crippen LogP contribution in [0, 0.1) is 0 Å². The van der Waals surface area contributed by atoms with Crippen LogP contribution >= 0.6 is 0 Å². The third-order valence-corrected chi connectivity index (χ3v) is 9.60. The largest absolute Gasteiger partial charge is 0.507 e. The molecule has 0 atom stereocenters. The van der Waals surface area contributed by atoms with Crippen molar-refractivity contribution in [1.29, 1.82) is 0 Å². The van der Waals surface area contributed by atoms with E-state index in [0.717, 1.165) is 66.1 Å². The van der Waals surface area contributed by atoms with Gasteiger partial charge in [0, 0.05) is 51.6 Å². The van der Waals surface area contributed by atoms with E-state index in [-0.39, 0.29) is 22.0 Å². The highest BCUT2D eigenvalue weighted by molar-refractivity contribution is 6.05. The Labute approximate surface area is 294 Å². The maximum atomic E-state index is 11.6. The number of hydrogen-bond donors (Lipinski definition) is 1. The number of nitrogens with zero attached hydrogens (tertiary/aromatic N) is 3. The molecule has 5 nitrogen and oxygen atoms in total. The van der Waals surface area contributed by atoms with Gasteiger partial charge in [0.15, 0.2) is 5.58 Å². The molecule has 0 aliphatic heterocycles. The van der Waals surface area contributed by atoms with Gasteiger partial charge in [-0.3, -0.25) is 9.98 Å². The minimum Gasteiger partial charge on any atom is -0.507 e. The van der Waals surface area contributed by atoms with E-state index in [1.165, 1.54) is 0 Å². The number of aliphatic imine (C=N–C) groups is 1. The van der Waals surface area contributed by atoms with Crippen LogP contribution in [0.15, 0.2) is 107 Å². The van der Waals surface area contributed by atoms with Crippen LogP contribution in [0.3, 0.4) is 0 Å². The summed E-state index contributed by atoms with van der Waals surface area (Å²) < 4.78 is 6.70. The van der Waals surface area contributed by atoms with Gasteiger partial charge in [-0.25, -0.2) is 4.98 Å². The maximum absolute atomic E-state index is 11.6. The molecule has 0 amide bonds. The van der Waals surface area contributed by atoms with E-state index in [1.54, 1.807) is 6.21 Å². The van der Waals surface area contributed by atoms with Gasteiger partial charge in [0.1, 0.15) is 11.3 Å². The Hall–Kier alpha value is -5.29. The number of rotatable bonds is 4. The number of fused-ring (bicyclic) bond motifs is 3. The van der Waals surface area contributed by atoms with Crippen LogP contribution in [-0.4, -0.2) is 21.3 Å². The summed E-state index contributed by atoms with van der Waals surface area (Å²) in [6.45, 7) is 19.6. The Balaban J connectivity index is 1.47. The second-order valence-corrected chi connectivity index (χ2v) is 16.5. The van der Waals surface area contributed by atoms with Gasteiger partial charge in [0.2, 0.25) is 5.89 Å². The first-order valence-electron chi connectivity index (χ1n) is 17.3. The molecule has 252 valence electrons. The lowest BCUT2D eigenvalue weighted by molar-refractivity contribution is 0.444. The first-order valence-corrected chi connectivity index (χ1v) is 17.3. The van der Waals surface area contributed by atoms with Gasteiger partial charge >= 0.3 is 0 Å². The molecule has 7 aromatic rings. The van der Waals surface area contributed by atoms with E-state index in [4.69, 9.17) is 14.4 Å². The molecule has 0 saturated heterocycles. The van der Waals surface area contributed by atoms with E-state index in [9.17, 15) is 5.11 Å². The van der Waals surface area contributed by atoms with Crippen molar-refractivity contribution < 1.29 is 9.52 Å². The van der Waals surface area contributed by atoms with Gasteiger partial charge < -0.3 is 9.52 Å². The number of phenols is 1. The molecule has 2 heterocycles. The van der Waals surface area contributed by atoms with Crippen LogP contribution in [0.4, 0.5) is 5.69 Å².